The van der Waals surface area contributed by atoms with E-state index < -0.39 is 0 Å². The van der Waals surface area contributed by atoms with Crippen molar-refractivity contribution in [2.75, 3.05) is 11.9 Å². The molecule has 1 aliphatic carbocycles. The van der Waals surface area contributed by atoms with Gasteiger partial charge in [-0.2, -0.15) is 0 Å². The van der Waals surface area contributed by atoms with Crippen LogP contribution in [0.1, 0.15) is 57.0 Å². The van der Waals surface area contributed by atoms with Crippen LogP contribution in [0.2, 0.25) is 5.02 Å². The molecular formula is C29H32ClN5O4. The Bertz CT molecular complexity index is 1520. The van der Waals surface area contributed by atoms with Crippen molar-refractivity contribution in [3.63, 3.8) is 0 Å². The highest BCUT2D eigenvalue weighted by Gasteiger charge is 2.32. The number of amides is 1. The van der Waals surface area contributed by atoms with E-state index in [9.17, 15) is 9.59 Å². The monoisotopic (exact) mass is 549 g/mol. The summed E-state index contributed by atoms with van der Waals surface area (Å²) in [6, 6.07) is 14.7. The molecule has 0 unspecified atom stereocenters. The quantitative estimate of drug-likeness (QED) is 0.290. The molecule has 1 aliphatic rings. The summed E-state index contributed by atoms with van der Waals surface area (Å²) < 4.78 is 15.3. The Labute approximate surface area is 231 Å². The first kappa shape index (κ1) is 26.7. The number of halogens is 1. The lowest BCUT2D eigenvalue weighted by Gasteiger charge is -2.26. The number of anilines is 1. The van der Waals surface area contributed by atoms with Crippen molar-refractivity contribution >= 4 is 23.2 Å². The third-order valence-electron chi connectivity index (χ3n) is 7.25. The smallest absolute Gasteiger partial charge is 0.295 e. The molecule has 0 radical (unpaired) electrons. The summed E-state index contributed by atoms with van der Waals surface area (Å²) in [6.07, 6.45) is 2.96. The molecule has 204 valence electrons. The zero-order valence-corrected chi connectivity index (χ0v) is 23.1. The summed E-state index contributed by atoms with van der Waals surface area (Å²) in [5.41, 5.74) is 2.19. The van der Waals surface area contributed by atoms with Gasteiger partial charge in [0.1, 0.15) is 11.4 Å². The molecule has 2 aromatic carbocycles. The van der Waals surface area contributed by atoms with E-state index in [2.05, 4.69) is 15.5 Å². The maximum atomic E-state index is 13.4. The second-order valence-corrected chi connectivity index (χ2v) is 10.1. The molecule has 5 rings (SSSR count). The van der Waals surface area contributed by atoms with Gasteiger partial charge in [0.05, 0.1) is 23.6 Å². The first-order chi connectivity index (χ1) is 18.9. The molecule has 9 nitrogen and oxygen atoms in total. The van der Waals surface area contributed by atoms with Crippen molar-refractivity contribution in [1.29, 1.82) is 0 Å². The fourth-order valence-electron chi connectivity index (χ4n) is 5.33. The van der Waals surface area contributed by atoms with Crippen LogP contribution in [0.4, 0.5) is 5.69 Å². The third kappa shape index (κ3) is 5.36. The molecule has 1 fully saturated rings. The first-order valence-electron chi connectivity index (χ1n) is 13.4. The lowest BCUT2D eigenvalue weighted by atomic mass is 9.81. The van der Waals surface area contributed by atoms with E-state index in [0.717, 1.165) is 30.6 Å². The van der Waals surface area contributed by atoms with Gasteiger partial charge in [0.15, 0.2) is 0 Å². The lowest BCUT2D eigenvalue weighted by molar-refractivity contribution is -0.121. The van der Waals surface area contributed by atoms with Gasteiger partial charge in [0.25, 0.3) is 11.4 Å². The highest BCUT2D eigenvalue weighted by atomic mass is 35.5. The van der Waals surface area contributed by atoms with Crippen molar-refractivity contribution in [1.82, 2.24) is 19.6 Å². The fourth-order valence-corrected chi connectivity index (χ4v) is 5.51. The Morgan fingerprint density at radius 1 is 1.15 bits per heavy atom. The summed E-state index contributed by atoms with van der Waals surface area (Å²) in [5.74, 6) is 0.936. The van der Waals surface area contributed by atoms with E-state index in [1.807, 2.05) is 55.8 Å². The summed E-state index contributed by atoms with van der Waals surface area (Å²) >= 11 is 6.21. The van der Waals surface area contributed by atoms with Crippen molar-refractivity contribution in [3.05, 3.63) is 75.5 Å². The number of ether oxygens (including phenoxy) is 1. The van der Waals surface area contributed by atoms with Gasteiger partial charge >= 0.3 is 0 Å². The number of hydrogen-bond acceptors (Lipinski definition) is 6. The molecule has 0 bridgehead atoms. The number of benzene rings is 2. The van der Waals surface area contributed by atoms with Gasteiger partial charge in [0.2, 0.25) is 11.8 Å². The fraction of sp³-hybridized carbons (Fsp3) is 0.379. The molecule has 2 aromatic heterocycles. The average molecular weight is 550 g/mol. The van der Waals surface area contributed by atoms with Crippen LogP contribution in [0.25, 0.3) is 17.1 Å². The number of aromatic nitrogens is 4. The lowest BCUT2D eigenvalue weighted by Crippen LogP contribution is -2.30. The minimum atomic E-state index is -0.279. The number of nitrogens with zero attached hydrogens (tertiary/aromatic N) is 4. The van der Waals surface area contributed by atoms with E-state index >= 15 is 0 Å². The van der Waals surface area contributed by atoms with Gasteiger partial charge < -0.3 is 14.5 Å². The predicted molar refractivity (Wildman–Crippen MR) is 150 cm³/mol. The third-order valence-corrected chi connectivity index (χ3v) is 7.49. The Morgan fingerprint density at radius 2 is 1.95 bits per heavy atom. The van der Waals surface area contributed by atoms with Gasteiger partial charge in [-0.15, -0.1) is 10.2 Å². The highest BCUT2D eigenvalue weighted by Crippen LogP contribution is 2.38. The van der Waals surface area contributed by atoms with Crippen molar-refractivity contribution in [2.45, 2.75) is 58.9 Å². The number of para-hydroxylation sites is 1. The first-order valence-corrected chi connectivity index (χ1v) is 13.7. The molecule has 0 saturated heterocycles. The molecule has 4 aromatic rings. The standard InChI is InChI=1S/C29H32ClN5O4/c1-4-34-18(3)25(29(37)35(34)22-12-7-6-8-13-22)31-26(36)19-10-9-11-20(16-19)27-32-33-28(39-27)23-17-21(30)14-15-24(23)38-5-2/h6-8,12-15,17,19-20H,4-5,9-11,16H2,1-3H3,(H,31,36)/t19-,20+/m1/s1. The minimum Gasteiger partial charge on any atom is -0.493 e. The minimum absolute atomic E-state index is 0.0622. The Balaban J connectivity index is 1.34. The van der Waals surface area contributed by atoms with Gasteiger partial charge in [-0.25, -0.2) is 4.68 Å². The topological polar surface area (TPSA) is 104 Å². The highest BCUT2D eigenvalue weighted by molar-refractivity contribution is 6.30. The molecule has 0 spiro atoms. The van der Waals surface area contributed by atoms with E-state index in [4.69, 9.17) is 20.8 Å². The number of carbonyl (C=O) groups is 1. The molecule has 10 heteroatoms. The Kier molecular flexibility index (Phi) is 7.88. The molecule has 1 N–H and O–H groups in total. The normalized spacial score (nSPS) is 17.2. The van der Waals surface area contributed by atoms with Crippen LogP contribution in [0.3, 0.4) is 0 Å². The molecule has 39 heavy (non-hydrogen) atoms. The molecule has 2 heterocycles. The molecule has 0 aliphatic heterocycles. The van der Waals surface area contributed by atoms with Crippen LogP contribution < -0.4 is 15.6 Å². The van der Waals surface area contributed by atoms with Crippen molar-refractivity contribution < 1.29 is 13.9 Å². The second kappa shape index (κ2) is 11.5. The summed E-state index contributed by atoms with van der Waals surface area (Å²) in [4.78, 5) is 26.8. The molecule has 1 amide bonds. The van der Waals surface area contributed by atoms with E-state index in [0.29, 0.717) is 53.4 Å². The van der Waals surface area contributed by atoms with Crippen molar-refractivity contribution in [2.24, 2.45) is 5.92 Å². The summed E-state index contributed by atoms with van der Waals surface area (Å²) in [5, 5.41) is 12.1. The van der Waals surface area contributed by atoms with Crippen LogP contribution >= 0.6 is 11.6 Å². The van der Waals surface area contributed by atoms with Crippen LogP contribution in [0.5, 0.6) is 5.75 Å². The van der Waals surface area contributed by atoms with Crippen LogP contribution in [-0.4, -0.2) is 32.1 Å². The maximum Gasteiger partial charge on any atom is 0.295 e. The van der Waals surface area contributed by atoms with Gasteiger partial charge in [0, 0.05) is 23.4 Å². The molecule has 1 saturated carbocycles. The van der Waals surface area contributed by atoms with E-state index in [-0.39, 0.29) is 23.3 Å². The Hall–Kier alpha value is -3.85. The SMILES string of the molecule is CCOc1ccc(Cl)cc1-c1nnc([C@H]2CCC[C@@H](C(=O)Nc3c(C)n(CC)n(-c4ccccc4)c3=O)C2)o1. The van der Waals surface area contributed by atoms with E-state index in [1.54, 1.807) is 22.9 Å². The number of carbonyl (C=O) groups excluding carboxylic acids is 1. The van der Waals surface area contributed by atoms with E-state index in [1.165, 1.54) is 0 Å². The van der Waals surface area contributed by atoms with Gasteiger partial charge in [-0.1, -0.05) is 36.2 Å². The van der Waals surface area contributed by atoms with Gasteiger partial charge in [-0.05, 0) is 70.4 Å². The summed E-state index contributed by atoms with van der Waals surface area (Å²) in [6.45, 7) is 6.82. The van der Waals surface area contributed by atoms with Crippen LogP contribution in [0.15, 0.2) is 57.7 Å². The zero-order valence-electron chi connectivity index (χ0n) is 22.3. The van der Waals surface area contributed by atoms with Crippen molar-refractivity contribution in [3.8, 4) is 22.9 Å². The predicted octanol–water partition coefficient (Wildman–Crippen LogP) is 5.98. The van der Waals surface area contributed by atoms with Gasteiger partial charge in [-0.3, -0.25) is 14.3 Å². The largest absolute Gasteiger partial charge is 0.493 e. The molecular weight excluding hydrogens is 518 g/mol. The number of nitrogens with one attached hydrogen (secondary N) is 1. The Morgan fingerprint density at radius 3 is 2.69 bits per heavy atom. The maximum absolute atomic E-state index is 13.4. The second-order valence-electron chi connectivity index (χ2n) is 9.70. The average Bonchev–Trinajstić information content (AvgIpc) is 3.54. The number of hydrogen-bond donors (Lipinski definition) is 1. The molecule has 2 atom stereocenters. The summed E-state index contributed by atoms with van der Waals surface area (Å²) in [7, 11) is 0. The zero-order chi connectivity index (χ0) is 27.5. The number of rotatable bonds is 8. The van der Waals surface area contributed by atoms with Crippen LogP contribution in [-0.2, 0) is 11.3 Å². The van der Waals surface area contributed by atoms with Crippen LogP contribution in [0, 0.1) is 12.8 Å².